The lowest BCUT2D eigenvalue weighted by Gasteiger charge is -2.18. The number of ether oxygens (including phenoxy) is 1. The van der Waals surface area contributed by atoms with Crippen LogP contribution in [0.15, 0.2) is 53.9 Å². The van der Waals surface area contributed by atoms with Crippen molar-refractivity contribution in [3.05, 3.63) is 75.8 Å². The molecule has 0 radical (unpaired) electrons. The van der Waals surface area contributed by atoms with Gasteiger partial charge < -0.3 is 4.74 Å². The molecule has 27 heavy (non-hydrogen) atoms. The van der Waals surface area contributed by atoms with Crippen molar-refractivity contribution in [1.29, 1.82) is 0 Å². The lowest BCUT2D eigenvalue weighted by molar-refractivity contribution is -0.115. The number of carbonyl (C=O) groups excluding carboxylic acids is 2. The minimum Gasteiger partial charge on any atom is -0.456 e. The first-order valence-corrected chi connectivity index (χ1v) is 9.44. The van der Waals surface area contributed by atoms with Crippen LogP contribution in [0.1, 0.15) is 28.5 Å². The summed E-state index contributed by atoms with van der Waals surface area (Å²) in [6, 6.07) is 14.1. The van der Waals surface area contributed by atoms with Gasteiger partial charge in [0.1, 0.15) is 6.61 Å². The van der Waals surface area contributed by atoms with Crippen molar-refractivity contribution in [1.82, 2.24) is 4.98 Å². The van der Waals surface area contributed by atoms with Crippen LogP contribution in [0, 0.1) is 6.92 Å². The molecule has 0 N–H and O–H groups in total. The molecular formula is C20H17ClN2O3S. The number of rotatable bonds is 5. The predicted molar refractivity (Wildman–Crippen MR) is 107 cm³/mol. The zero-order valence-electron chi connectivity index (χ0n) is 14.8. The largest absolute Gasteiger partial charge is 0.456 e. The Bertz CT molecular complexity index is 969. The Morgan fingerprint density at radius 1 is 1.19 bits per heavy atom. The summed E-state index contributed by atoms with van der Waals surface area (Å²) in [5.74, 6) is -0.594. The average Bonchev–Trinajstić information content (AvgIpc) is 3.08. The second-order valence-corrected chi connectivity index (χ2v) is 7.17. The molecule has 0 aliphatic heterocycles. The number of aromatic nitrogens is 1. The van der Waals surface area contributed by atoms with E-state index in [9.17, 15) is 9.59 Å². The molecule has 1 amide bonds. The topological polar surface area (TPSA) is 59.5 Å². The predicted octanol–water partition coefficient (Wildman–Crippen LogP) is 5.15. The summed E-state index contributed by atoms with van der Waals surface area (Å²) in [5, 5.41) is 2.86. The van der Waals surface area contributed by atoms with Crippen molar-refractivity contribution in [3.8, 4) is 0 Å². The molecule has 3 rings (SSSR count). The van der Waals surface area contributed by atoms with E-state index in [1.165, 1.54) is 18.3 Å². The highest BCUT2D eigenvalue weighted by atomic mass is 35.5. The summed E-state index contributed by atoms with van der Waals surface area (Å²) < 4.78 is 5.29. The van der Waals surface area contributed by atoms with Gasteiger partial charge in [-0.2, -0.15) is 0 Å². The van der Waals surface area contributed by atoms with E-state index >= 15 is 0 Å². The number of anilines is 2. The van der Waals surface area contributed by atoms with E-state index in [1.807, 2.05) is 31.2 Å². The molecule has 0 spiro atoms. The standard InChI is InChI=1S/C20H17ClN2O3S/c1-13-4-3-5-18(10-13)23(14(2)24)20-22-17(12-27-20)11-26-19(25)15-6-8-16(21)9-7-15/h3-10,12H,11H2,1-2H3. The number of aryl methyl sites for hydroxylation is 1. The summed E-state index contributed by atoms with van der Waals surface area (Å²) in [7, 11) is 0. The number of halogens is 1. The lowest BCUT2D eigenvalue weighted by Crippen LogP contribution is -2.22. The molecule has 2 aromatic carbocycles. The maximum atomic E-state index is 12.1. The maximum Gasteiger partial charge on any atom is 0.338 e. The molecule has 5 nitrogen and oxygen atoms in total. The molecular weight excluding hydrogens is 384 g/mol. The Morgan fingerprint density at radius 2 is 1.93 bits per heavy atom. The van der Waals surface area contributed by atoms with Crippen LogP contribution in [-0.4, -0.2) is 16.9 Å². The highest BCUT2D eigenvalue weighted by molar-refractivity contribution is 7.14. The van der Waals surface area contributed by atoms with Crippen LogP contribution in [0.2, 0.25) is 5.02 Å². The SMILES string of the molecule is CC(=O)N(c1cccc(C)c1)c1nc(COC(=O)c2ccc(Cl)cc2)cs1. The van der Waals surface area contributed by atoms with Gasteiger partial charge in [-0.05, 0) is 48.9 Å². The fourth-order valence-electron chi connectivity index (χ4n) is 2.47. The van der Waals surface area contributed by atoms with Gasteiger partial charge in [0.15, 0.2) is 5.13 Å². The molecule has 0 unspecified atom stereocenters. The molecule has 1 aromatic heterocycles. The molecule has 0 aliphatic carbocycles. The molecule has 0 atom stereocenters. The first-order valence-electron chi connectivity index (χ1n) is 8.18. The third-order valence-electron chi connectivity index (χ3n) is 3.74. The third kappa shape index (κ3) is 4.72. The molecule has 0 saturated carbocycles. The van der Waals surface area contributed by atoms with Crippen molar-refractivity contribution in [3.63, 3.8) is 0 Å². The first-order chi connectivity index (χ1) is 12.9. The smallest absolute Gasteiger partial charge is 0.338 e. The van der Waals surface area contributed by atoms with Gasteiger partial charge in [0, 0.05) is 17.3 Å². The van der Waals surface area contributed by atoms with Crippen molar-refractivity contribution in [2.24, 2.45) is 0 Å². The van der Waals surface area contributed by atoms with Gasteiger partial charge in [-0.15, -0.1) is 11.3 Å². The molecule has 0 saturated heterocycles. The van der Waals surface area contributed by atoms with Gasteiger partial charge in [0.25, 0.3) is 0 Å². The number of hydrogen-bond acceptors (Lipinski definition) is 5. The number of nitrogens with zero attached hydrogens (tertiary/aromatic N) is 2. The quantitative estimate of drug-likeness (QED) is 0.556. The number of esters is 1. The average molecular weight is 401 g/mol. The van der Waals surface area contributed by atoms with E-state index < -0.39 is 5.97 Å². The van der Waals surface area contributed by atoms with Crippen LogP contribution in [0.4, 0.5) is 10.8 Å². The Balaban J connectivity index is 1.72. The number of hydrogen-bond donors (Lipinski definition) is 0. The van der Waals surface area contributed by atoms with Gasteiger partial charge in [0.2, 0.25) is 5.91 Å². The third-order valence-corrected chi connectivity index (χ3v) is 4.86. The lowest BCUT2D eigenvalue weighted by atomic mass is 10.2. The van der Waals surface area contributed by atoms with Crippen LogP contribution in [0.5, 0.6) is 0 Å². The molecule has 138 valence electrons. The molecule has 0 bridgehead atoms. The Hall–Kier alpha value is -2.70. The van der Waals surface area contributed by atoms with E-state index in [0.29, 0.717) is 21.4 Å². The highest BCUT2D eigenvalue weighted by Gasteiger charge is 2.18. The van der Waals surface area contributed by atoms with Crippen molar-refractivity contribution >= 4 is 45.6 Å². The van der Waals surface area contributed by atoms with E-state index in [4.69, 9.17) is 16.3 Å². The van der Waals surface area contributed by atoms with Crippen LogP contribution in [0.3, 0.4) is 0 Å². The molecule has 7 heteroatoms. The number of amides is 1. The number of benzene rings is 2. The number of thiazole rings is 1. The van der Waals surface area contributed by atoms with E-state index in [2.05, 4.69) is 4.98 Å². The zero-order valence-corrected chi connectivity index (χ0v) is 16.4. The molecule has 1 heterocycles. The minimum atomic E-state index is -0.455. The minimum absolute atomic E-state index is 0.0253. The van der Waals surface area contributed by atoms with E-state index in [-0.39, 0.29) is 12.5 Å². The van der Waals surface area contributed by atoms with Crippen LogP contribution < -0.4 is 4.90 Å². The Labute approximate surface area is 166 Å². The van der Waals surface area contributed by atoms with Gasteiger partial charge in [-0.3, -0.25) is 9.69 Å². The summed E-state index contributed by atoms with van der Waals surface area (Å²) in [6.45, 7) is 3.48. The van der Waals surface area contributed by atoms with Crippen molar-refractivity contribution in [2.45, 2.75) is 20.5 Å². The first kappa shape index (κ1) is 19.1. The van der Waals surface area contributed by atoms with Gasteiger partial charge >= 0.3 is 5.97 Å². The van der Waals surface area contributed by atoms with Gasteiger partial charge in [0.05, 0.1) is 16.9 Å². The van der Waals surface area contributed by atoms with Crippen LogP contribution in [-0.2, 0) is 16.1 Å². The second-order valence-electron chi connectivity index (χ2n) is 5.90. The number of carbonyl (C=O) groups is 2. The fourth-order valence-corrected chi connectivity index (χ4v) is 3.47. The van der Waals surface area contributed by atoms with Crippen LogP contribution in [0.25, 0.3) is 0 Å². The summed E-state index contributed by atoms with van der Waals surface area (Å²) in [6.07, 6.45) is 0. The Kier molecular flexibility index (Phi) is 5.88. The zero-order chi connectivity index (χ0) is 19.4. The van der Waals surface area contributed by atoms with Crippen molar-refractivity contribution < 1.29 is 14.3 Å². The normalized spacial score (nSPS) is 10.5. The Morgan fingerprint density at radius 3 is 2.59 bits per heavy atom. The van der Waals surface area contributed by atoms with Crippen molar-refractivity contribution in [2.75, 3.05) is 4.90 Å². The summed E-state index contributed by atoms with van der Waals surface area (Å²) in [4.78, 5) is 30.2. The highest BCUT2D eigenvalue weighted by Crippen LogP contribution is 2.29. The van der Waals surface area contributed by atoms with E-state index in [1.54, 1.807) is 34.5 Å². The van der Waals surface area contributed by atoms with Gasteiger partial charge in [-0.1, -0.05) is 23.7 Å². The van der Waals surface area contributed by atoms with Gasteiger partial charge in [-0.25, -0.2) is 9.78 Å². The fraction of sp³-hybridized carbons (Fsp3) is 0.150. The summed E-state index contributed by atoms with van der Waals surface area (Å²) in [5.41, 5.74) is 2.80. The monoisotopic (exact) mass is 400 g/mol. The second kappa shape index (κ2) is 8.33. The molecule has 0 aliphatic rings. The van der Waals surface area contributed by atoms with E-state index in [0.717, 1.165) is 11.3 Å². The van der Waals surface area contributed by atoms with Crippen LogP contribution >= 0.6 is 22.9 Å². The summed E-state index contributed by atoms with van der Waals surface area (Å²) >= 11 is 7.14. The maximum absolute atomic E-state index is 12.1. The molecule has 0 fully saturated rings. The molecule has 3 aromatic rings.